The third kappa shape index (κ3) is 5.93. The summed E-state index contributed by atoms with van der Waals surface area (Å²) in [6.07, 6.45) is 9.39. The largest absolute Gasteiger partial charge is 0.464 e. The molecule has 2 heterocycles. The van der Waals surface area contributed by atoms with Crippen LogP contribution in [0.15, 0.2) is 30.5 Å². The molecule has 2 amide bonds. The molecule has 4 rings (SSSR count). The summed E-state index contributed by atoms with van der Waals surface area (Å²) < 4.78 is 5.55. The number of pyridine rings is 1. The van der Waals surface area contributed by atoms with Crippen LogP contribution in [0.4, 0.5) is 5.82 Å². The molecule has 2 aliphatic rings. The quantitative estimate of drug-likeness (QED) is 0.322. The summed E-state index contributed by atoms with van der Waals surface area (Å²) in [6.45, 7) is 2.96. The Morgan fingerprint density at radius 1 is 1.13 bits per heavy atom. The molecule has 2 atom stereocenters. The zero-order chi connectivity index (χ0) is 27.1. The highest BCUT2D eigenvalue weighted by Gasteiger charge is 2.52. The Morgan fingerprint density at radius 3 is 2.66 bits per heavy atom. The fraction of sp³-hybridized carbons (Fsp3) is 0.586. The number of anilines is 1. The number of nitrogens with one attached hydrogen (secondary N) is 2. The van der Waals surface area contributed by atoms with E-state index in [1.54, 1.807) is 18.1 Å². The zero-order valence-corrected chi connectivity index (χ0v) is 22.6. The first-order valence-corrected chi connectivity index (χ1v) is 14.0. The van der Waals surface area contributed by atoms with E-state index >= 15 is 0 Å². The van der Waals surface area contributed by atoms with Crippen molar-refractivity contribution in [1.29, 1.82) is 0 Å². The van der Waals surface area contributed by atoms with E-state index in [4.69, 9.17) is 10.5 Å². The van der Waals surface area contributed by atoms with Crippen LogP contribution < -0.4 is 16.4 Å². The second-order valence-corrected chi connectivity index (χ2v) is 10.6. The van der Waals surface area contributed by atoms with E-state index in [2.05, 4.69) is 15.6 Å². The van der Waals surface area contributed by atoms with Crippen molar-refractivity contribution in [2.45, 2.75) is 82.8 Å². The van der Waals surface area contributed by atoms with E-state index in [1.807, 2.05) is 31.2 Å². The third-order valence-corrected chi connectivity index (χ3v) is 8.04. The molecule has 4 N–H and O–H groups in total. The fourth-order valence-electron chi connectivity index (χ4n) is 5.91. The molecule has 1 aliphatic carbocycles. The smallest absolute Gasteiger partial charge is 0.336 e. The van der Waals surface area contributed by atoms with Gasteiger partial charge >= 0.3 is 5.97 Å². The molecule has 2 unspecified atom stereocenters. The van der Waals surface area contributed by atoms with E-state index in [-0.39, 0.29) is 24.3 Å². The van der Waals surface area contributed by atoms with E-state index < -0.39 is 17.6 Å². The third-order valence-electron chi connectivity index (χ3n) is 8.04. The van der Waals surface area contributed by atoms with Crippen LogP contribution in [0.1, 0.15) is 70.3 Å². The number of hydrogen-bond acceptors (Lipinski definition) is 7. The molecule has 2 fully saturated rings. The molecule has 0 bridgehead atoms. The predicted molar refractivity (Wildman–Crippen MR) is 147 cm³/mol. The Balaban J connectivity index is 1.49. The van der Waals surface area contributed by atoms with Gasteiger partial charge in [0.25, 0.3) is 5.91 Å². The number of carbonyl (C=O) groups is 3. The summed E-state index contributed by atoms with van der Waals surface area (Å²) in [6, 6.07) is 7.05. The summed E-state index contributed by atoms with van der Waals surface area (Å²) in [5, 5.41) is 7.90. The number of amides is 2. The van der Waals surface area contributed by atoms with Gasteiger partial charge in [0.1, 0.15) is 11.9 Å². The van der Waals surface area contributed by atoms with Crippen LogP contribution in [-0.2, 0) is 25.7 Å². The van der Waals surface area contributed by atoms with Gasteiger partial charge in [0.2, 0.25) is 5.91 Å². The zero-order valence-electron chi connectivity index (χ0n) is 22.6. The normalized spacial score (nSPS) is 19.7. The van der Waals surface area contributed by atoms with Crippen molar-refractivity contribution in [3.05, 3.63) is 36.0 Å². The maximum atomic E-state index is 14.1. The van der Waals surface area contributed by atoms with Crippen LogP contribution >= 0.6 is 0 Å². The van der Waals surface area contributed by atoms with Gasteiger partial charge in [-0.2, -0.15) is 0 Å². The monoisotopic (exact) mass is 523 g/mol. The van der Waals surface area contributed by atoms with Crippen LogP contribution in [0.2, 0.25) is 0 Å². The van der Waals surface area contributed by atoms with Crippen LogP contribution in [0, 0.1) is 5.92 Å². The molecule has 9 nitrogen and oxygen atoms in total. The molecule has 2 aromatic rings. The first-order chi connectivity index (χ1) is 18.4. The van der Waals surface area contributed by atoms with Crippen molar-refractivity contribution in [2.24, 2.45) is 5.92 Å². The van der Waals surface area contributed by atoms with Crippen molar-refractivity contribution in [3.8, 4) is 0 Å². The van der Waals surface area contributed by atoms with Gasteiger partial charge in [-0.15, -0.1) is 0 Å². The van der Waals surface area contributed by atoms with Gasteiger partial charge in [0.15, 0.2) is 5.54 Å². The van der Waals surface area contributed by atoms with E-state index in [0.717, 1.165) is 42.0 Å². The van der Waals surface area contributed by atoms with Crippen LogP contribution in [-0.4, -0.2) is 59.4 Å². The number of likely N-dealkylation sites (N-methyl/N-ethyl adjacent to an activating group) is 1. The van der Waals surface area contributed by atoms with Crippen molar-refractivity contribution < 1.29 is 19.1 Å². The molecule has 0 spiro atoms. The minimum Gasteiger partial charge on any atom is -0.464 e. The lowest BCUT2D eigenvalue weighted by Gasteiger charge is -2.38. The predicted octanol–water partition coefficient (Wildman–Crippen LogP) is 3.31. The summed E-state index contributed by atoms with van der Waals surface area (Å²) in [5.41, 5.74) is 5.40. The number of nitrogens with two attached hydrogens (primary N) is 1. The molecule has 1 aromatic heterocycles. The number of hydrogen-bond donors (Lipinski definition) is 3. The molecular weight excluding hydrogens is 482 g/mol. The first kappa shape index (κ1) is 27.8. The lowest BCUT2D eigenvalue weighted by atomic mass is 9.78. The highest BCUT2D eigenvalue weighted by atomic mass is 16.5. The van der Waals surface area contributed by atoms with E-state index in [9.17, 15) is 14.4 Å². The van der Waals surface area contributed by atoms with Gasteiger partial charge in [-0.05, 0) is 61.7 Å². The standard InChI is InChI=1S/C29H41N5O4/c1-3-16-38-28(37)29(31-2,18-20-8-5-4-6-9-20)27(36)34-15-7-10-24(34)26(35)33-19-21-11-12-23-22(17-21)13-14-32-25(23)30/h11-14,17,20,24,31H,3-10,15-16,18-19H2,1-2H3,(H2,30,32)(H,33,35). The average Bonchev–Trinajstić information content (AvgIpc) is 3.44. The summed E-state index contributed by atoms with van der Waals surface area (Å²) in [5.74, 6) is -0.362. The van der Waals surface area contributed by atoms with Gasteiger partial charge in [-0.3, -0.25) is 14.9 Å². The molecule has 1 saturated carbocycles. The minimum absolute atomic E-state index is 0.213. The molecule has 9 heteroatoms. The van der Waals surface area contributed by atoms with Crippen molar-refractivity contribution in [3.63, 3.8) is 0 Å². The van der Waals surface area contributed by atoms with Gasteiger partial charge in [-0.1, -0.05) is 51.2 Å². The fourth-order valence-corrected chi connectivity index (χ4v) is 5.91. The van der Waals surface area contributed by atoms with Gasteiger partial charge in [0, 0.05) is 24.7 Å². The average molecular weight is 524 g/mol. The Bertz CT molecular complexity index is 1150. The molecule has 1 aromatic carbocycles. The Hall–Kier alpha value is -3.20. The second-order valence-electron chi connectivity index (χ2n) is 10.6. The molecule has 38 heavy (non-hydrogen) atoms. The van der Waals surface area contributed by atoms with Crippen molar-refractivity contribution >= 4 is 34.4 Å². The van der Waals surface area contributed by atoms with Gasteiger partial charge in [0.05, 0.1) is 6.61 Å². The summed E-state index contributed by atoms with van der Waals surface area (Å²) in [7, 11) is 1.65. The highest BCUT2D eigenvalue weighted by molar-refractivity contribution is 6.08. The number of carbonyl (C=O) groups excluding carboxylic acids is 3. The number of nitrogen functional groups attached to an aromatic ring is 1. The Kier molecular flexibility index (Phi) is 9.20. The summed E-state index contributed by atoms with van der Waals surface area (Å²) in [4.78, 5) is 46.5. The van der Waals surface area contributed by atoms with Crippen molar-refractivity contribution in [1.82, 2.24) is 20.5 Å². The maximum absolute atomic E-state index is 14.1. The Labute approximate surface area is 224 Å². The lowest BCUT2D eigenvalue weighted by molar-refractivity contribution is -0.162. The van der Waals surface area contributed by atoms with Crippen LogP contribution in [0.5, 0.6) is 0 Å². The molecular formula is C29H41N5O4. The van der Waals surface area contributed by atoms with Crippen molar-refractivity contribution in [2.75, 3.05) is 25.9 Å². The molecule has 1 saturated heterocycles. The highest BCUT2D eigenvalue weighted by Crippen LogP contribution is 2.34. The molecule has 206 valence electrons. The molecule has 1 aliphatic heterocycles. The molecule has 0 radical (unpaired) electrons. The van der Waals surface area contributed by atoms with E-state index in [0.29, 0.717) is 44.6 Å². The minimum atomic E-state index is -1.48. The van der Waals surface area contributed by atoms with E-state index in [1.165, 1.54) is 6.42 Å². The number of aromatic nitrogens is 1. The summed E-state index contributed by atoms with van der Waals surface area (Å²) >= 11 is 0. The van der Waals surface area contributed by atoms with Crippen LogP contribution in [0.3, 0.4) is 0 Å². The number of esters is 1. The number of nitrogens with zero attached hydrogens (tertiary/aromatic N) is 2. The van der Waals surface area contributed by atoms with Crippen LogP contribution in [0.25, 0.3) is 10.8 Å². The Morgan fingerprint density at radius 2 is 1.92 bits per heavy atom. The van der Waals surface area contributed by atoms with Gasteiger partial charge in [-0.25, -0.2) is 9.78 Å². The second kappa shape index (κ2) is 12.6. The lowest BCUT2D eigenvalue weighted by Crippen LogP contribution is -2.65. The number of ether oxygens (including phenoxy) is 1. The maximum Gasteiger partial charge on any atom is 0.336 e. The number of rotatable bonds is 10. The first-order valence-electron chi connectivity index (χ1n) is 14.0. The topological polar surface area (TPSA) is 127 Å². The number of likely N-dealkylation sites (tertiary alicyclic amines) is 1. The number of benzene rings is 1. The van der Waals surface area contributed by atoms with Gasteiger partial charge < -0.3 is 20.7 Å². The number of fused-ring (bicyclic) bond motifs is 1. The SMILES string of the molecule is CCCOC(=O)C(CC1CCCCC1)(NC)C(=O)N1CCCC1C(=O)NCc1ccc2c(N)nccc2c1.